The van der Waals surface area contributed by atoms with Crippen LogP contribution in [-0.4, -0.2) is 31.7 Å². The molecule has 1 amide bonds. The van der Waals surface area contributed by atoms with Crippen molar-refractivity contribution in [2.45, 2.75) is 26.7 Å². The fourth-order valence-corrected chi connectivity index (χ4v) is 2.27. The van der Waals surface area contributed by atoms with E-state index in [0.29, 0.717) is 18.5 Å². The fraction of sp³-hybridized carbons (Fsp3) is 0.333. The average Bonchev–Trinajstić information content (AvgIpc) is 2.70. The van der Waals surface area contributed by atoms with Gasteiger partial charge in [0.05, 0.1) is 5.69 Å². The molecule has 0 aliphatic rings. The van der Waals surface area contributed by atoms with Crippen LogP contribution in [0, 0.1) is 13.8 Å². The third-order valence-corrected chi connectivity index (χ3v) is 3.52. The van der Waals surface area contributed by atoms with Crippen molar-refractivity contribution in [2.75, 3.05) is 5.32 Å². The Bertz CT molecular complexity index is 722. The standard InChI is InChI=1S/C15H18N4O3/c1-9-12(10(2)19(3)18-9)4-5-14(20)17-11-6-7-16-13(8-11)15(21)22/h6-8H,4-5H2,1-3H3,(H,21,22)(H,16,17,20). The minimum atomic E-state index is -1.13. The van der Waals surface area contributed by atoms with Crippen molar-refractivity contribution < 1.29 is 14.7 Å². The summed E-state index contributed by atoms with van der Waals surface area (Å²) < 4.78 is 1.80. The summed E-state index contributed by atoms with van der Waals surface area (Å²) in [5, 5.41) is 15.9. The molecule has 0 aliphatic heterocycles. The molecular formula is C15H18N4O3. The molecule has 2 rings (SSSR count). The third kappa shape index (κ3) is 3.49. The van der Waals surface area contributed by atoms with Crippen LogP contribution in [0.25, 0.3) is 0 Å². The number of nitrogens with zero attached hydrogens (tertiary/aromatic N) is 3. The van der Waals surface area contributed by atoms with E-state index < -0.39 is 5.97 Å². The van der Waals surface area contributed by atoms with Crippen LogP contribution in [0.3, 0.4) is 0 Å². The zero-order valence-electron chi connectivity index (χ0n) is 12.8. The highest BCUT2D eigenvalue weighted by molar-refractivity contribution is 5.93. The van der Waals surface area contributed by atoms with E-state index in [9.17, 15) is 9.59 Å². The first-order chi connectivity index (χ1) is 10.4. The molecule has 7 nitrogen and oxygen atoms in total. The van der Waals surface area contributed by atoms with Gasteiger partial charge in [0.25, 0.3) is 0 Å². The van der Waals surface area contributed by atoms with Gasteiger partial charge in [0.15, 0.2) is 0 Å². The van der Waals surface area contributed by atoms with Gasteiger partial charge in [-0.25, -0.2) is 9.78 Å². The zero-order valence-corrected chi connectivity index (χ0v) is 12.8. The number of carbonyl (C=O) groups is 2. The van der Waals surface area contributed by atoms with Gasteiger partial charge in [-0.1, -0.05) is 0 Å². The first kappa shape index (κ1) is 15.7. The molecule has 2 aromatic heterocycles. The normalized spacial score (nSPS) is 10.5. The molecule has 2 N–H and O–H groups in total. The summed E-state index contributed by atoms with van der Waals surface area (Å²) in [5.74, 6) is -1.30. The molecule has 2 aromatic rings. The Labute approximate surface area is 128 Å². The fourth-order valence-electron chi connectivity index (χ4n) is 2.27. The number of carbonyl (C=O) groups excluding carboxylic acids is 1. The van der Waals surface area contributed by atoms with Gasteiger partial charge in [0.1, 0.15) is 5.69 Å². The molecule has 0 saturated heterocycles. The molecule has 0 aliphatic carbocycles. The van der Waals surface area contributed by atoms with Gasteiger partial charge in [-0.3, -0.25) is 9.48 Å². The van der Waals surface area contributed by atoms with Crippen LogP contribution in [0.1, 0.15) is 33.9 Å². The number of aryl methyl sites for hydroxylation is 2. The van der Waals surface area contributed by atoms with Gasteiger partial charge in [-0.05, 0) is 38.0 Å². The molecule has 0 fully saturated rings. The number of anilines is 1. The number of carboxylic acids is 1. The second-order valence-corrected chi connectivity index (χ2v) is 5.06. The highest BCUT2D eigenvalue weighted by atomic mass is 16.4. The lowest BCUT2D eigenvalue weighted by atomic mass is 10.1. The average molecular weight is 302 g/mol. The lowest BCUT2D eigenvalue weighted by Crippen LogP contribution is -2.13. The number of pyridine rings is 1. The molecule has 0 aromatic carbocycles. The summed E-state index contributed by atoms with van der Waals surface area (Å²) >= 11 is 0. The minimum Gasteiger partial charge on any atom is -0.477 e. The van der Waals surface area contributed by atoms with Crippen LogP contribution in [0.4, 0.5) is 5.69 Å². The molecule has 7 heteroatoms. The highest BCUT2D eigenvalue weighted by Gasteiger charge is 2.12. The quantitative estimate of drug-likeness (QED) is 0.876. The molecular weight excluding hydrogens is 284 g/mol. The molecule has 0 atom stereocenters. The maximum absolute atomic E-state index is 12.0. The highest BCUT2D eigenvalue weighted by Crippen LogP contribution is 2.15. The van der Waals surface area contributed by atoms with E-state index in [1.165, 1.54) is 12.3 Å². The second kappa shape index (κ2) is 6.38. The number of amides is 1. The summed E-state index contributed by atoms with van der Waals surface area (Å²) in [7, 11) is 1.87. The molecule has 0 bridgehead atoms. The molecule has 116 valence electrons. The van der Waals surface area contributed by atoms with Crippen LogP contribution < -0.4 is 5.32 Å². The van der Waals surface area contributed by atoms with E-state index in [1.807, 2.05) is 20.9 Å². The predicted octanol–water partition coefficient (Wildman–Crippen LogP) is 1.70. The van der Waals surface area contributed by atoms with Crippen molar-refractivity contribution in [3.63, 3.8) is 0 Å². The monoisotopic (exact) mass is 302 g/mol. The lowest BCUT2D eigenvalue weighted by Gasteiger charge is -2.06. The minimum absolute atomic E-state index is 0.100. The molecule has 22 heavy (non-hydrogen) atoms. The number of aromatic nitrogens is 3. The van der Waals surface area contributed by atoms with Crippen molar-refractivity contribution in [3.8, 4) is 0 Å². The van der Waals surface area contributed by atoms with Gasteiger partial charge in [0, 0.05) is 31.0 Å². The Balaban J connectivity index is 1.99. The van der Waals surface area contributed by atoms with Gasteiger partial charge >= 0.3 is 5.97 Å². The van der Waals surface area contributed by atoms with E-state index in [4.69, 9.17) is 5.11 Å². The number of rotatable bonds is 5. The Morgan fingerprint density at radius 3 is 2.68 bits per heavy atom. The third-order valence-electron chi connectivity index (χ3n) is 3.52. The molecule has 0 spiro atoms. The Morgan fingerprint density at radius 2 is 2.09 bits per heavy atom. The Kier molecular flexibility index (Phi) is 4.55. The van der Waals surface area contributed by atoms with Crippen molar-refractivity contribution >= 4 is 17.6 Å². The lowest BCUT2D eigenvalue weighted by molar-refractivity contribution is -0.116. The topological polar surface area (TPSA) is 97.1 Å². The molecule has 0 radical (unpaired) electrons. The predicted molar refractivity (Wildman–Crippen MR) is 80.8 cm³/mol. The van der Waals surface area contributed by atoms with Crippen LogP contribution >= 0.6 is 0 Å². The van der Waals surface area contributed by atoms with Crippen molar-refractivity contribution in [3.05, 3.63) is 41.0 Å². The summed E-state index contributed by atoms with van der Waals surface area (Å²) in [6.45, 7) is 3.89. The summed E-state index contributed by atoms with van der Waals surface area (Å²) in [6, 6.07) is 2.89. The van der Waals surface area contributed by atoms with Crippen molar-refractivity contribution in [1.82, 2.24) is 14.8 Å². The van der Waals surface area contributed by atoms with Gasteiger partial charge in [0.2, 0.25) is 5.91 Å². The number of nitrogens with one attached hydrogen (secondary N) is 1. The van der Waals surface area contributed by atoms with E-state index in [0.717, 1.165) is 17.0 Å². The Hall–Kier alpha value is -2.70. The van der Waals surface area contributed by atoms with Crippen LogP contribution in [-0.2, 0) is 18.3 Å². The maximum atomic E-state index is 12.0. The van der Waals surface area contributed by atoms with Gasteiger partial charge < -0.3 is 10.4 Å². The first-order valence-corrected chi connectivity index (χ1v) is 6.86. The molecule has 2 heterocycles. The number of aromatic carboxylic acids is 1. The summed E-state index contributed by atoms with van der Waals surface area (Å²) in [6.07, 6.45) is 2.25. The van der Waals surface area contributed by atoms with E-state index in [2.05, 4.69) is 15.4 Å². The number of hydrogen-bond acceptors (Lipinski definition) is 4. The first-order valence-electron chi connectivity index (χ1n) is 6.86. The maximum Gasteiger partial charge on any atom is 0.354 e. The van der Waals surface area contributed by atoms with Gasteiger partial charge in [-0.15, -0.1) is 0 Å². The van der Waals surface area contributed by atoms with Crippen molar-refractivity contribution in [2.24, 2.45) is 7.05 Å². The SMILES string of the molecule is Cc1nn(C)c(C)c1CCC(=O)Nc1ccnc(C(=O)O)c1. The zero-order chi connectivity index (χ0) is 16.3. The van der Waals surface area contributed by atoms with Crippen molar-refractivity contribution in [1.29, 1.82) is 0 Å². The molecule has 0 unspecified atom stereocenters. The van der Waals surface area contributed by atoms with Crippen LogP contribution in [0.5, 0.6) is 0 Å². The Morgan fingerprint density at radius 1 is 1.36 bits per heavy atom. The smallest absolute Gasteiger partial charge is 0.354 e. The number of hydrogen-bond donors (Lipinski definition) is 2. The van der Waals surface area contributed by atoms with Gasteiger partial charge in [-0.2, -0.15) is 5.10 Å². The van der Waals surface area contributed by atoms with E-state index in [-0.39, 0.29) is 11.6 Å². The van der Waals surface area contributed by atoms with E-state index in [1.54, 1.807) is 10.7 Å². The second-order valence-electron chi connectivity index (χ2n) is 5.06. The van der Waals surface area contributed by atoms with Crippen LogP contribution in [0.2, 0.25) is 0 Å². The summed E-state index contributed by atoms with van der Waals surface area (Å²) in [4.78, 5) is 26.5. The van der Waals surface area contributed by atoms with E-state index >= 15 is 0 Å². The molecule has 0 saturated carbocycles. The van der Waals surface area contributed by atoms with Crippen LogP contribution in [0.15, 0.2) is 18.3 Å². The summed E-state index contributed by atoms with van der Waals surface area (Å²) in [5.41, 5.74) is 3.36. The number of carboxylic acid groups (broad SMARTS) is 1. The largest absolute Gasteiger partial charge is 0.477 e.